The van der Waals surface area contributed by atoms with E-state index in [0.29, 0.717) is 12.2 Å². The van der Waals surface area contributed by atoms with Gasteiger partial charge in [0.1, 0.15) is 11.6 Å². The van der Waals surface area contributed by atoms with Gasteiger partial charge in [-0.2, -0.15) is 0 Å². The smallest absolute Gasteiger partial charge is 0.138 e. The van der Waals surface area contributed by atoms with E-state index in [1.54, 1.807) is 6.20 Å². The molecule has 0 amide bonds. The predicted molar refractivity (Wildman–Crippen MR) is 62.8 cm³/mol. The lowest BCUT2D eigenvalue weighted by atomic mass is 10.2. The number of rotatable bonds is 2. The third kappa shape index (κ3) is 2.00. The summed E-state index contributed by atoms with van der Waals surface area (Å²) in [5.74, 6) is 1.62. The first-order chi connectivity index (χ1) is 8.26. The van der Waals surface area contributed by atoms with E-state index in [1.165, 1.54) is 0 Å². The molecule has 2 fully saturated rings. The SMILES string of the molecule is Cc1ncc(CO)c(N2CC3CCC(C2)O3)n1. The number of aryl methyl sites for hydroxylation is 1. The molecule has 17 heavy (non-hydrogen) atoms. The topological polar surface area (TPSA) is 58.5 Å². The van der Waals surface area contributed by atoms with E-state index in [9.17, 15) is 5.11 Å². The predicted octanol–water partition coefficient (Wildman–Crippen LogP) is 0.645. The molecule has 5 heteroatoms. The van der Waals surface area contributed by atoms with Crippen molar-refractivity contribution in [2.45, 2.75) is 38.6 Å². The van der Waals surface area contributed by atoms with Crippen molar-refractivity contribution in [2.24, 2.45) is 0 Å². The quantitative estimate of drug-likeness (QED) is 0.815. The Morgan fingerprint density at radius 1 is 1.41 bits per heavy atom. The number of aromatic nitrogens is 2. The standard InChI is InChI=1S/C12H17N3O2/c1-8-13-4-9(7-16)12(14-8)15-5-10-2-3-11(6-15)17-10/h4,10-11,16H,2-3,5-7H2,1H3. The second-order valence-corrected chi connectivity index (χ2v) is 4.79. The van der Waals surface area contributed by atoms with Crippen LogP contribution in [-0.2, 0) is 11.3 Å². The first kappa shape index (κ1) is 10.9. The van der Waals surface area contributed by atoms with E-state index in [4.69, 9.17) is 4.74 Å². The highest BCUT2D eigenvalue weighted by Gasteiger charge is 2.34. The minimum atomic E-state index is -0.0116. The van der Waals surface area contributed by atoms with Crippen LogP contribution in [0.1, 0.15) is 24.2 Å². The summed E-state index contributed by atoms with van der Waals surface area (Å²) in [4.78, 5) is 10.8. The molecule has 5 nitrogen and oxygen atoms in total. The first-order valence-electron chi connectivity index (χ1n) is 6.10. The molecule has 1 aromatic rings. The second-order valence-electron chi connectivity index (χ2n) is 4.79. The fraction of sp³-hybridized carbons (Fsp3) is 0.667. The molecule has 1 aromatic heterocycles. The summed E-state index contributed by atoms with van der Waals surface area (Å²) in [6.45, 7) is 3.61. The van der Waals surface area contributed by atoms with Crippen molar-refractivity contribution in [1.29, 1.82) is 0 Å². The lowest BCUT2D eigenvalue weighted by Crippen LogP contribution is -2.43. The lowest BCUT2D eigenvalue weighted by molar-refractivity contribution is 0.0300. The molecule has 1 N–H and O–H groups in total. The van der Waals surface area contributed by atoms with Gasteiger partial charge in [-0.25, -0.2) is 9.97 Å². The highest BCUT2D eigenvalue weighted by molar-refractivity contribution is 5.46. The highest BCUT2D eigenvalue weighted by atomic mass is 16.5. The number of nitrogens with zero attached hydrogens (tertiary/aromatic N) is 3. The van der Waals surface area contributed by atoms with E-state index in [2.05, 4.69) is 14.9 Å². The number of aliphatic hydroxyl groups excluding tert-OH is 1. The van der Waals surface area contributed by atoms with Crippen LogP contribution in [0, 0.1) is 6.92 Å². The molecule has 0 saturated carbocycles. The zero-order chi connectivity index (χ0) is 11.8. The normalized spacial score (nSPS) is 27.5. The number of anilines is 1. The maximum Gasteiger partial charge on any atom is 0.138 e. The van der Waals surface area contributed by atoms with Gasteiger partial charge in [-0.1, -0.05) is 0 Å². The third-order valence-corrected chi connectivity index (χ3v) is 3.48. The molecule has 0 aromatic carbocycles. The Bertz CT molecular complexity index is 412. The zero-order valence-corrected chi connectivity index (χ0v) is 9.96. The molecular formula is C12H17N3O2. The van der Waals surface area contributed by atoms with E-state index < -0.39 is 0 Å². The van der Waals surface area contributed by atoms with Gasteiger partial charge in [0, 0.05) is 24.8 Å². The summed E-state index contributed by atoms with van der Waals surface area (Å²) in [5, 5.41) is 9.35. The third-order valence-electron chi connectivity index (χ3n) is 3.48. The van der Waals surface area contributed by atoms with Gasteiger partial charge in [-0.3, -0.25) is 0 Å². The van der Waals surface area contributed by atoms with Crippen LogP contribution in [0.3, 0.4) is 0 Å². The largest absolute Gasteiger partial charge is 0.391 e. The Morgan fingerprint density at radius 2 is 2.12 bits per heavy atom. The van der Waals surface area contributed by atoms with Crippen molar-refractivity contribution in [2.75, 3.05) is 18.0 Å². The zero-order valence-electron chi connectivity index (χ0n) is 9.96. The molecule has 0 spiro atoms. The molecule has 2 bridgehead atoms. The molecule has 2 aliphatic rings. The summed E-state index contributed by atoms with van der Waals surface area (Å²) >= 11 is 0. The van der Waals surface area contributed by atoms with Gasteiger partial charge in [0.05, 0.1) is 18.8 Å². The second kappa shape index (κ2) is 4.23. The number of hydrogen-bond acceptors (Lipinski definition) is 5. The fourth-order valence-electron chi connectivity index (χ4n) is 2.66. The summed E-state index contributed by atoms with van der Waals surface area (Å²) in [6.07, 6.45) is 4.65. The molecule has 2 atom stereocenters. The highest BCUT2D eigenvalue weighted by Crippen LogP contribution is 2.30. The number of ether oxygens (including phenoxy) is 1. The van der Waals surface area contributed by atoms with E-state index in [0.717, 1.165) is 43.1 Å². The van der Waals surface area contributed by atoms with Crippen molar-refractivity contribution in [3.05, 3.63) is 17.6 Å². The van der Waals surface area contributed by atoms with Crippen LogP contribution in [0.2, 0.25) is 0 Å². The molecule has 2 aliphatic heterocycles. The Morgan fingerprint density at radius 3 is 2.76 bits per heavy atom. The van der Waals surface area contributed by atoms with Crippen LogP contribution in [-0.4, -0.2) is 40.4 Å². The molecular weight excluding hydrogens is 218 g/mol. The van der Waals surface area contributed by atoms with Crippen molar-refractivity contribution in [3.63, 3.8) is 0 Å². The summed E-state index contributed by atoms with van der Waals surface area (Å²) in [5.41, 5.74) is 0.803. The fourth-order valence-corrected chi connectivity index (χ4v) is 2.66. The Hall–Kier alpha value is -1.20. The number of fused-ring (bicyclic) bond motifs is 2. The molecule has 2 unspecified atom stereocenters. The minimum Gasteiger partial charge on any atom is -0.391 e. The average Bonchev–Trinajstić information content (AvgIpc) is 2.68. The van der Waals surface area contributed by atoms with Crippen LogP contribution in [0.15, 0.2) is 6.20 Å². The van der Waals surface area contributed by atoms with Gasteiger partial charge < -0.3 is 14.7 Å². The molecule has 0 radical (unpaired) electrons. The van der Waals surface area contributed by atoms with Gasteiger partial charge in [0.2, 0.25) is 0 Å². The monoisotopic (exact) mass is 235 g/mol. The van der Waals surface area contributed by atoms with Gasteiger partial charge in [-0.15, -0.1) is 0 Å². The maximum atomic E-state index is 9.35. The Kier molecular flexibility index (Phi) is 2.72. The average molecular weight is 235 g/mol. The Balaban J connectivity index is 1.90. The van der Waals surface area contributed by atoms with Gasteiger partial charge in [0.15, 0.2) is 0 Å². The molecule has 2 saturated heterocycles. The van der Waals surface area contributed by atoms with E-state index in [1.807, 2.05) is 6.92 Å². The van der Waals surface area contributed by atoms with Crippen molar-refractivity contribution >= 4 is 5.82 Å². The maximum absolute atomic E-state index is 9.35. The minimum absolute atomic E-state index is 0.0116. The van der Waals surface area contributed by atoms with Gasteiger partial charge in [-0.05, 0) is 19.8 Å². The van der Waals surface area contributed by atoms with Crippen molar-refractivity contribution < 1.29 is 9.84 Å². The lowest BCUT2D eigenvalue weighted by Gasteiger charge is -2.33. The summed E-state index contributed by atoms with van der Waals surface area (Å²) < 4.78 is 5.81. The van der Waals surface area contributed by atoms with E-state index in [-0.39, 0.29) is 6.61 Å². The van der Waals surface area contributed by atoms with Crippen molar-refractivity contribution in [3.8, 4) is 0 Å². The van der Waals surface area contributed by atoms with Crippen LogP contribution in [0.25, 0.3) is 0 Å². The molecule has 0 aliphatic carbocycles. The first-order valence-corrected chi connectivity index (χ1v) is 6.10. The van der Waals surface area contributed by atoms with Crippen LogP contribution in [0.5, 0.6) is 0 Å². The molecule has 92 valence electrons. The van der Waals surface area contributed by atoms with Crippen LogP contribution < -0.4 is 4.90 Å². The molecule has 3 rings (SSSR count). The van der Waals surface area contributed by atoms with Crippen molar-refractivity contribution in [1.82, 2.24) is 9.97 Å². The Labute approximate surface area is 100 Å². The number of hydrogen-bond donors (Lipinski definition) is 1. The van der Waals surface area contributed by atoms with Gasteiger partial charge >= 0.3 is 0 Å². The molecule has 3 heterocycles. The van der Waals surface area contributed by atoms with Gasteiger partial charge in [0.25, 0.3) is 0 Å². The van der Waals surface area contributed by atoms with E-state index >= 15 is 0 Å². The van der Waals surface area contributed by atoms with Crippen LogP contribution in [0.4, 0.5) is 5.82 Å². The van der Waals surface area contributed by atoms with Crippen LogP contribution >= 0.6 is 0 Å². The number of morpholine rings is 1. The summed E-state index contributed by atoms with van der Waals surface area (Å²) in [7, 11) is 0. The number of aliphatic hydroxyl groups is 1. The summed E-state index contributed by atoms with van der Waals surface area (Å²) in [6, 6.07) is 0.